The second-order valence-corrected chi connectivity index (χ2v) is 4.96. The zero-order chi connectivity index (χ0) is 13.8. The standard InChI is InChI=1S/C14H13BrF2N2/c15-13-5-4-10(17)7-12(13)14(8-18)19-11-3-1-2-9(16)6-11/h1-7,14,19H,8,18H2. The lowest BCUT2D eigenvalue weighted by Crippen LogP contribution is -2.21. The van der Waals surface area contributed by atoms with Gasteiger partial charge >= 0.3 is 0 Å². The Morgan fingerprint density at radius 3 is 2.53 bits per heavy atom. The van der Waals surface area contributed by atoms with Gasteiger partial charge in [0.1, 0.15) is 11.6 Å². The van der Waals surface area contributed by atoms with Gasteiger partial charge in [-0.05, 0) is 42.0 Å². The number of nitrogens with one attached hydrogen (secondary N) is 1. The first kappa shape index (κ1) is 14.0. The van der Waals surface area contributed by atoms with Gasteiger partial charge in [-0.1, -0.05) is 22.0 Å². The molecule has 19 heavy (non-hydrogen) atoms. The second kappa shape index (κ2) is 6.12. The summed E-state index contributed by atoms with van der Waals surface area (Å²) in [4.78, 5) is 0. The van der Waals surface area contributed by atoms with Crippen LogP contribution in [-0.4, -0.2) is 6.54 Å². The molecule has 0 heterocycles. The Labute approximate surface area is 118 Å². The molecule has 0 aromatic heterocycles. The van der Waals surface area contributed by atoms with Gasteiger partial charge in [0.05, 0.1) is 6.04 Å². The summed E-state index contributed by atoms with van der Waals surface area (Å²) in [6.45, 7) is 0.262. The molecule has 2 nitrogen and oxygen atoms in total. The molecule has 2 rings (SSSR count). The fourth-order valence-electron chi connectivity index (χ4n) is 1.82. The van der Waals surface area contributed by atoms with Crippen LogP contribution in [0.4, 0.5) is 14.5 Å². The van der Waals surface area contributed by atoms with E-state index in [-0.39, 0.29) is 24.2 Å². The van der Waals surface area contributed by atoms with Gasteiger partial charge < -0.3 is 11.1 Å². The Hall–Kier alpha value is -1.46. The van der Waals surface area contributed by atoms with Crippen LogP contribution >= 0.6 is 15.9 Å². The maximum atomic E-state index is 13.3. The van der Waals surface area contributed by atoms with Crippen molar-refractivity contribution in [3.63, 3.8) is 0 Å². The first-order valence-corrected chi connectivity index (χ1v) is 6.56. The summed E-state index contributed by atoms with van der Waals surface area (Å²) in [6.07, 6.45) is 0. The number of rotatable bonds is 4. The van der Waals surface area contributed by atoms with E-state index in [9.17, 15) is 8.78 Å². The molecule has 0 radical (unpaired) electrons. The summed E-state index contributed by atoms with van der Waals surface area (Å²) in [5.41, 5.74) is 7.01. The van der Waals surface area contributed by atoms with E-state index in [1.807, 2.05) is 0 Å². The van der Waals surface area contributed by atoms with E-state index in [1.54, 1.807) is 18.2 Å². The molecule has 0 amide bonds. The van der Waals surface area contributed by atoms with Gasteiger partial charge in [-0.15, -0.1) is 0 Å². The van der Waals surface area contributed by atoms with Crippen molar-refractivity contribution >= 4 is 21.6 Å². The van der Waals surface area contributed by atoms with E-state index in [4.69, 9.17) is 5.73 Å². The van der Waals surface area contributed by atoms with Crippen molar-refractivity contribution in [2.75, 3.05) is 11.9 Å². The van der Waals surface area contributed by atoms with E-state index in [0.717, 1.165) is 4.47 Å². The summed E-state index contributed by atoms with van der Waals surface area (Å²) in [6, 6.07) is 10.2. The number of halogens is 3. The second-order valence-electron chi connectivity index (χ2n) is 4.11. The minimum atomic E-state index is -0.335. The normalized spacial score (nSPS) is 12.2. The van der Waals surface area contributed by atoms with Gasteiger partial charge in [0.25, 0.3) is 0 Å². The van der Waals surface area contributed by atoms with Crippen LogP contribution in [0.1, 0.15) is 11.6 Å². The summed E-state index contributed by atoms with van der Waals surface area (Å²) < 4.78 is 27.2. The molecule has 0 saturated heterocycles. The minimum Gasteiger partial charge on any atom is -0.377 e. The lowest BCUT2D eigenvalue weighted by molar-refractivity contribution is 0.620. The first-order valence-electron chi connectivity index (χ1n) is 5.77. The molecule has 3 N–H and O–H groups in total. The highest BCUT2D eigenvalue weighted by atomic mass is 79.9. The number of hydrogen-bond donors (Lipinski definition) is 2. The molecule has 0 bridgehead atoms. The summed E-state index contributed by atoms with van der Waals surface area (Å²) in [5, 5.41) is 3.09. The molecule has 2 aromatic rings. The zero-order valence-electron chi connectivity index (χ0n) is 10.0. The van der Waals surface area contributed by atoms with Crippen LogP contribution in [-0.2, 0) is 0 Å². The predicted molar refractivity (Wildman–Crippen MR) is 75.9 cm³/mol. The smallest absolute Gasteiger partial charge is 0.125 e. The van der Waals surface area contributed by atoms with Crippen molar-refractivity contribution in [3.8, 4) is 0 Å². The minimum absolute atomic E-state index is 0.262. The van der Waals surface area contributed by atoms with Crippen LogP contribution in [0.25, 0.3) is 0 Å². The maximum Gasteiger partial charge on any atom is 0.125 e. The predicted octanol–water partition coefficient (Wildman–Crippen LogP) is 3.84. The van der Waals surface area contributed by atoms with Crippen LogP contribution in [0.5, 0.6) is 0 Å². The largest absolute Gasteiger partial charge is 0.377 e. The van der Waals surface area contributed by atoms with Crippen LogP contribution in [0.15, 0.2) is 46.9 Å². The van der Waals surface area contributed by atoms with Crippen LogP contribution < -0.4 is 11.1 Å². The number of hydrogen-bond acceptors (Lipinski definition) is 2. The summed E-state index contributed by atoms with van der Waals surface area (Å²) in [5.74, 6) is -0.670. The van der Waals surface area contributed by atoms with Crippen molar-refractivity contribution in [1.29, 1.82) is 0 Å². The third kappa shape index (κ3) is 3.52. The molecule has 0 saturated carbocycles. The highest BCUT2D eigenvalue weighted by molar-refractivity contribution is 9.10. The Bertz CT molecular complexity index is 575. The third-order valence-corrected chi connectivity index (χ3v) is 3.46. The topological polar surface area (TPSA) is 38.0 Å². The summed E-state index contributed by atoms with van der Waals surface area (Å²) >= 11 is 3.36. The number of benzene rings is 2. The van der Waals surface area contributed by atoms with E-state index in [0.29, 0.717) is 11.3 Å². The zero-order valence-corrected chi connectivity index (χ0v) is 11.6. The third-order valence-electron chi connectivity index (χ3n) is 2.73. The van der Waals surface area contributed by atoms with Crippen molar-refractivity contribution in [1.82, 2.24) is 0 Å². The molecule has 5 heteroatoms. The van der Waals surface area contributed by atoms with Gasteiger partial charge in [0.2, 0.25) is 0 Å². The molecule has 0 fully saturated rings. The van der Waals surface area contributed by atoms with Gasteiger partial charge in [-0.3, -0.25) is 0 Å². The highest BCUT2D eigenvalue weighted by Crippen LogP contribution is 2.27. The Balaban J connectivity index is 2.27. The number of anilines is 1. The fourth-order valence-corrected chi connectivity index (χ4v) is 2.35. The Morgan fingerprint density at radius 1 is 1.11 bits per heavy atom. The molecule has 1 atom stereocenters. The van der Waals surface area contributed by atoms with Crippen molar-refractivity contribution in [2.45, 2.75) is 6.04 Å². The average molecular weight is 327 g/mol. The van der Waals surface area contributed by atoms with Gasteiger partial charge in [0.15, 0.2) is 0 Å². The van der Waals surface area contributed by atoms with E-state index in [1.165, 1.54) is 24.3 Å². The van der Waals surface area contributed by atoms with Crippen molar-refractivity contribution in [2.24, 2.45) is 5.73 Å². The van der Waals surface area contributed by atoms with E-state index < -0.39 is 0 Å². The fraction of sp³-hybridized carbons (Fsp3) is 0.143. The van der Waals surface area contributed by atoms with Crippen molar-refractivity contribution in [3.05, 3.63) is 64.1 Å². The lowest BCUT2D eigenvalue weighted by atomic mass is 10.1. The maximum absolute atomic E-state index is 13.3. The molecule has 1 unspecified atom stereocenters. The van der Waals surface area contributed by atoms with Crippen LogP contribution in [0, 0.1) is 11.6 Å². The molecule has 0 aliphatic carbocycles. The quantitative estimate of drug-likeness (QED) is 0.895. The highest BCUT2D eigenvalue weighted by Gasteiger charge is 2.14. The lowest BCUT2D eigenvalue weighted by Gasteiger charge is -2.20. The molecule has 0 aliphatic rings. The van der Waals surface area contributed by atoms with Crippen molar-refractivity contribution < 1.29 is 8.78 Å². The molecular formula is C14H13BrF2N2. The first-order chi connectivity index (χ1) is 9.10. The molecular weight excluding hydrogens is 314 g/mol. The Morgan fingerprint density at radius 2 is 1.84 bits per heavy atom. The van der Waals surface area contributed by atoms with Crippen LogP contribution in [0.3, 0.4) is 0 Å². The Kier molecular flexibility index (Phi) is 4.50. The molecule has 100 valence electrons. The molecule has 2 aromatic carbocycles. The summed E-state index contributed by atoms with van der Waals surface area (Å²) in [7, 11) is 0. The molecule has 0 spiro atoms. The monoisotopic (exact) mass is 326 g/mol. The van der Waals surface area contributed by atoms with Crippen LogP contribution in [0.2, 0.25) is 0 Å². The van der Waals surface area contributed by atoms with E-state index >= 15 is 0 Å². The van der Waals surface area contributed by atoms with Gasteiger partial charge in [0, 0.05) is 16.7 Å². The SMILES string of the molecule is NCC(Nc1cccc(F)c1)c1cc(F)ccc1Br. The average Bonchev–Trinajstić information content (AvgIpc) is 2.39. The number of nitrogens with two attached hydrogens (primary N) is 1. The van der Waals surface area contributed by atoms with Gasteiger partial charge in [-0.2, -0.15) is 0 Å². The van der Waals surface area contributed by atoms with E-state index in [2.05, 4.69) is 21.2 Å². The molecule has 0 aliphatic heterocycles. The van der Waals surface area contributed by atoms with Gasteiger partial charge in [-0.25, -0.2) is 8.78 Å².